The molecule has 0 atom stereocenters. The molecule has 0 saturated carbocycles. The molecule has 0 spiro atoms. The van der Waals surface area contributed by atoms with Gasteiger partial charge in [0.25, 0.3) is 0 Å². The lowest BCUT2D eigenvalue weighted by Gasteiger charge is -2.33. The fourth-order valence-corrected chi connectivity index (χ4v) is 5.43. The van der Waals surface area contributed by atoms with Crippen molar-refractivity contribution in [1.29, 1.82) is 5.26 Å². The first kappa shape index (κ1) is 18.9. The van der Waals surface area contributed by atoms with Crippen molar-refractivity contribution in [2.45, 2.75) is 43.4 Å². The number of carbonyl (C=O) groups is 1. The first-order valence-electron chi connectivity index (χ1n) is 9.32. The second-order valence-corrected chi connectivity index (χ2v) is 8.93. The molecule has 0 unspecified atom stereocenters. The molecule has 6 nitrogen and oxygen atoms in total. The van der Waals surface area contributed by atoms with Gasteiger partial charge in [0.1, 0.15) is 6.07 Å². The molecule has 3 rings (SSSR count). The average Bonchev–Trinajstić information content (AvgIpc) is 2.97. The van der Waals surface area contributed by atoms with Crippen molar-refractivity contribution >= 4 is 15.9 Å². The summed E-state index contributed by atoms with van der Waals surface area (Å²) in [5.74, 6) is 0.0899. The Labute approximate surface area is 155 Å². The topological polar surface area (TPSA) is 81.5 Å². The van der Waals surface area contributed by atoms with Crippen LogP contribution in [0.25, 0.3) is 0 Å². The first-order valence-corrected chi connectivity index (χ1v) is 10.8. The van der Waals surface area contributed by atoms with Gasteiger partial charge < -0.3 is 4.90 Å². The van der Waals surface area contributed by atoms with Crippen LogP contribution in [-0.4, -0.2) is 49.7 Å². The Bertz CT molecular complexity index is 784. The number of rotatable bonds is 3. The molecule has 0 bridgehead atoms. The van der Waals surface area contributed by atoms with Gasteiger partial charge >= 0.3 is 0 Å². The molecular formula is C19H25N3O3S. The Morgan fingerprint density at radius 3 is 2.23 bits per heavy atom. The van der Waals surface area contributed by atoms with Gasteiger partial charge in [0, 0.05) is 32.1 Å². The van der Waals surface area contributed by atoms with E-state index in [4.69, 9.17) is 0 Å². The lowest BCUT2D eigenvalue weighted by Crippen LogP contribution is -2.44. The molecule has 7 heteroatoms. The second kappa shape index (κ2) is 8.19. The number of piperidine rings is 1. The Morgan fingerprint density at radius 1 is 1.00 bits per heavy atom. The summed E-state index contributed by atoms with van der Waals surface area (Å²) in [5.41, 5.74) is 0.162. The molecule has 26 heavy (non-hydrogen) atoms. The third-order valence-electron chi connectivity index (χ3n) is 5.35. The van der Waals surface area contributed by atoms with E-state index in [1.54, 1.807) is 12.1 Å². The lowest BCUT2D eigenvalue weighted by atomic mass is 9.96. The number of hydrogen-bond donors (Lipinski definition) is 0. The molecule has 0 aromatic heterocycles. The van der Waals surface area contributed by atoms with Crippen molar-refractivity contribution in [2.24, 2.45) is 5.92 Å². The maximum atomic E-state index is 12.9. The molecule has 1 aromatic rings. The molecule has 1 amide bonds. The lowest BCUT2D eigenvalue weighted by molar-refractivity contribution is -0.136. The highest BCUT2D eigenvalue weighted by Crippen LogP contribution is 2.27. The van der Waals surface area contributed by atoms with Crippen LogP contribution in [0, 0.1) is 17.2 Å². The highest BCUT2D eigenvalue weighted by atomic mass is 32.2. The Kier molecular flexibility index (Phi) is 5.94. The fraction of sp³-hybridized carbons (Fsp3) is 0.579. The zero-order valence-electron chi connectivity index (χ0n) is 14.9. The Balaban J connectivity index is 1.66. The largest absolute Gasteiger partial charge is 0.342 e. The van der Waals surface area contributed by atoms with Crippen LogP contribution in [-0.2, 0) is 14.8 Å². The number of carbonyl (C=O) groups excluding carboxylic acids is 1. The molecular weight excluding hydrogens is 350 g/mol. The van der Waals surface area contributed by atoms with E-state index in [-0.39, 0.29) is 22.3 Å². The van der Waals surface area contributed by atoms with Gasteiger partial charge in [-0.15, -0.1) is 0 Å². The summed E-state index contributed by atoms with van der Waals surface area (Å²) >= 11 is 0. The summed E-state index contributed by atoms with van der Waals surface area (Å²) in [6.45, 7) is 2.30. The van der Waals surface area contributed by atoms with Gasteiger partial charge in [0.15, 0.2) is 0 Å². The van der Waals surface area contributed by atoms with Crippen LogP contribution in [0.2, 0.25) is 0 Å². The van der Waals surface area contributed by atoms with Gasteiger partial charge in [0.05, 0.1) is 10.5 Å². The summed E-state index contributed by atoms with van der Waals surface area (Å²) in [6, 6.07) is 8.23. The zero-order valence-corrected chi connectivity index (χ0v) is 15.7. The molecule has 2 aliphatic heterocycles. The Hall–Kier alpha value is -1.91. The highest BCUT2D eigenvalue weighted by Gasteiger charge is 2.34. The van der Waals surface area contributed by atoms with Gasteiger partial charge in [-0.2, -0.15) is 9.57 Å². The van der Waals surface area contributed by atoms with E-state index < -0.39 is 10.0 Å². The number of likely N-dealkylation sites (tertiary alicyclic amines) is 1. The number of benzene rings is 1. The van der Waals surface area contributed by atoms with E-state index >= 15 is 0 Å². The van der Waals surface area contributed by atoms with Crippen molar-refractivity contribution in [1.82, 2.24) is 9.21 Å². The summed E-state index contributed by atoms with van der Waals surface area (Å²) < 4.78 is 27.2. The molecule has 2 heterocycles. The summed E-state index contributed by atoms with van der Waals surface area (Å²) in [6.07, 6.45) is 5.57. The van der Waals surface area contributed by atoms with Crippen LogP contribution in [0.15, 0.2) is 29.2 Å². The molecule has 2 aliphatic rings. The number of hydrogen-bond acceptors (Lipinski definition) is 4. The number of nitrogens with zero attached hydrogens (tertiary/aromatic N) is 3. The van der Waals surface area contributed by atoms with Crippen LogP contribution in [0.3, 0.4) is 0 Å². The van der Waals surface area contributed by atoms with E-state index in [9.17, 15) is 18.5 Å². The minimum Gasteiger partial charge on any atom is -0.342 e. The fourth-order valence-electron chi connectivity index (χ4n) is 3.82. The first-order chi connectivity index (χ1) is 12.5. The van der Waals surface area contributed by atoms with Gasteiger partial charge in [-0.05, 0) is 37.8 Å². The maximum Gasteiger partial charge on any atom is 0.244 e. The molecule has 0 radical (unpaired) electrons. The standard InChI is InChI=1S/C19H25N3O3S/c20-15-17-7-3-4-8-18(17)26(24,25)22-13-9-16(10-14-22)19(23)21-11-5-1-2-6-12-21/h3-4,7-8,16H,1-2,5-6,9-14H2. The van der Waals surface area contributed by atoms with E-state index in [1.807, 2.05) is 11.0 Å². The van der Waals surface area contributed by atoms with Gasteiger partial charge in [-0.1, -0.05) is 25.0 Å². The monoisotopic (exact) mass is 375 g/mol. The van der Waals surface area contributed by atoms with Gasteiger partial charge in [-0.25, -0.2) is 8.42 Å². The molecule has 0 aliphatic carbocycles. The van der Waals surface area contributed by atoms with E-state index in [0.29, 0.717) is 25.9 Å². The molecule has 0 N–H and O–H groups in total. The smallest absolute Gasteiger partial charge is 0.244 e. The summed E-state index contributed by atoms with van der Waals surface area (Å²) in [5, 5.41) is 9.18. The molecule has 2 fully saturated rings. The number of amides is 1. The normalized spacial score (nSPS) is 20.3. The van der Waals surface area contributed by atoms with Crippen LogP contribution >= 0.6 is 0 Å². The molecule has 1 aromatic carbocycles. The minimum absolute atomic E-state index is 0.0554. The van der Waals surface area contributed by atoms with Crippen LogP contribution < -0.4 is 0 Å². The van der Waals surface area contributed by atoms with Crippen LogP contribution in [0.5, 0.6) is 0 Å². The van der Waals surface area contributed by atoms with Gasteiger partial charge in [0.2, 0.25) is 15.9 Å². The van der Waals surface area contributed by atoms with Crippen LogP contribution in [0.1, 0.15) is 44.1 Å². The van der Waals surface area contributed by atoms with Crippen molar-refractivity contribution < 1.29 is 13.2 Å². The van der Waals surface area contributed by atoms with E-state index in [2.05, 4.69) is 0 Å². The van der Waals surface area contributed by atoms with Crippen molar-refractivity contribution in [3.05, 3.63) is 29.8 Å². The zero-order chi connectivity index (χ0) is 18.6. The second-order valence-electron chi connectivity index (χ2n) is 7.03. The quantitative estimate of drug-likeness (QED) is 0.812. The summed E-state index contributed by atoms with van der Waals surface area (Å²) in [7, 11) is -3.70. The molecule has 140 valence electrons. The number of sulfonamides is 1. The molecule has 2 saturated heterocycles. The van der Waals surface area contributed by atoms with Crippen molar-refractivity contribution in [2.75, 3.05) is 26.2 Å². The third kappa shape index (κ3) is 3.92. The highest BCUT2D eigenvalue weighted by molar-refractivity contribution is 7.89. The third-order valence-corrected chi connectivity index (χ3v) is 7.30. The van der Waals surface area contributed by atoms with Crippen molar-refractivity contribution in [3.63, 3.8) is 0 Å². The predicted octanol–water partition coefficient (Wildman–Crippen LogP) is 2.36. The van der Waals surface area contributed by atoms with E-state index in [1.165, 1.54) is 29.3 Å². The van der Waals surface area contributed by atoms with Gasteiger partial charge in [-0.3, -0.25) is 4.79 Å². The average molecular weight is 375 g/mol. The maximum absolute atomic E-state index is 12.9. The SMILES string of the molecule is N#Cc1ccccc1S(=O)(=O)N1CCC(C(=O)N2CCCCCC2)CC1. The predicted molar refractivity (Wildman–Crippen MR) is 97.7 cm³/mol. The van der Waals surface area contributed by atoms with Crippen molar-refractivity contribution in [3.8, 4) is 6.07 Å². The summed E-state index contributed by atoms with van der Waals surface area (Å²) in [4.78, 5) is 14.8. The van der Waals surface area contributed by atoms with Crippen LogP contribution in [0.4, 0.5) is 0 Å². The number of nitriles is 1. The minimum atomic E-state index is -3.70. The Morgan fingerprint density at radius 2 is 1.62 bits per heavy atom. The van der Waals surface area contributed by atoms with E-state index in [0.717, 1.165) is 25.9 Å².